The Hall–Kier alpha value is -0.610. The molecule has 0 fully saturated rings. The zero-order chi connectivity index (χ0) is 11.7. The first-order chi connectivity index (χ1) is 6.95. The lowest BCUT2D eigenvalue weighted by Gasteiger charge is -2.19. The molecule has 4 heteroatoms. The van der Waals surface area contributed by atoms with Crippen LogP contribution in [0.15, 0.2) is 0 Å². The van der Waals surface area contributed by atoms with Crippen LogP contribution in [0.1, 0.15) is 40.0 Å². The summed E-state index contributed by atoms with van der Waals surface area (Å²) >= 11 is 0. The summed E-state index contributed by atoms with van der Waals surface area (Å²) < 4.78 is 5.17. The molecular formula is C11H23NO3. The second-order valence-electron chi connectivity index (χ2n) is 4.52. The maximum Gasteiger partial charge on any atom is 0.306 e. The number of ether oxygens (including phenoxy) is 1. The van der Waals surface area contributed by atoms with E-state index in [9.17, 15) is 4.79 Å². The molecule has 0 bridgehead atoms. The Kier molecular flexibility index (Phi) is 7.34. The Morgan fingerprint density at radius 1 is 1.27 bits per heavy atom. The van der Waals surface area contributed by atoms with Crippen molar-refractivity contribution in [3.05, 3.63) is 0 Å². The molecule has 15 heavy (non-hydrogen) atoms. The fourth-order valence-electron chi connectivity index (χ4n) is 1.12. The second-order valence-corrected chi connectivity index (χ2v) is 4.52. The predicted molar refractivity (Wildman–Crippen MR) is 59.7 cm³/mol. The van der Waals surface area contributed by atoms with Crippen LogP contribution in [-0.2, 0) is 9.53 Å². The van der Waals surface area contributed by atoms with Crippen LogP contribution in [-0.4, -0.2) is 36.4 Å². The van der Waals surface area contributed by atoms with E-state index in [-0.39, 0.29) is 18.2 Å². The lowest BCUT2D eigenvalue weighted by atomic mass is 10.2. The molecule has 0 aliphatic carbocycles. The Morgan fingerprint density at radius 3 is 2.47 bits per heavy atom. The lowest BCUT2D eigenvalue weighted by Crippen LogP contribution is -2.24. The SMILES string of the molecule is CC(C)(C)OC(=O)CCCCNCCO. The van der Waals surface area contributed by atoms with Gasteiger partial charge in [0.15, 0.2) is 0 Å². The molecule has 4 nitrogen and oxygen atoms in total. The number of esters is 1. The van der Waals surface area contributed by atoms with Gasteiger partial charge in [0.2, 0.25) is 0 Å². The minimum absolute atomic E-state index is 0.135. The molecule has 0 heterocycles. The normalized spacial score (nSPS) is 11.5. The van der Waals surface area contributed by atoms with Gasteiger partial charge in [-0.1, -0.05) is 0 Å². The van der Waals surface area contributed by atoms with Crippen molar-refractivity contribution in [2.45, 2.75) is 45.6 Å². The van der Waals surface area contributed by atoms with E-state index < -0.39 is 0 Å². The summed E-state index contributed by atoms with van der Waals surface area (Å²) in [6.45, 7) is 7.22. The van der Waals surface area contributed by atoms with Gasteiger partial charge in [-0.2, -0.15) is 0 Å². The zero-order valence-electron chi connectivity index (χ0n) is 10.0. The van der Waals surface area contributed by atoms with Gasteiger partial charge in [-0.3, -0.25) is 4.79 Å². The number of carbonyl (C=O) groups is 1. The van der Waals surface area contributed by atoms with Gasteiger partial charge in [-0.25, -0.2) is 0 Å². The van der Waals surface area contributed by atoms with Crippen LogP contribution >= 0.6 is 0 Å². The van der Waals surface area contributed by atoms with E-state index in [1.54, 1.807) is 0 Å². The highest BCUT2D eigenvalue weighted by molar-refractivity contribution is 5.69. The third kappa shape index (κ3) is 11.3. The van der Waals surface area contributed by atoms with Crippen LogP contribution in [0.3, 0.4) is 0 Å². The van der Waals surface area contributed by atoms with Crippen LogP contribution in [0.5, 0.6) is 0 Å². The van der Waals surface area contributed by atoms with Gasteiger partial charge in [0.25, 0.3) is 0 Å². The fraction of sp³-hybridized carbons (Fsp3) is 0.909. The first kappa shape index (κ1) is 14.4. The van der Waals surface area contributed by atoms with Gasteiger partial charge >= 0.3 is 5.97 Å². The number of unbranched alkanes of at least 4 members (excludes halogenated alkanes) is 1. The summed E-state index contributed by atoms with van der Waals surface area (Å²) in [5, 5.41) is 11.6. The topological polar surface area (TPSA) is 58.6 Å². The molecule has 0 spiro atoms. The van der Waals surface area contributed by atoms with Crippen molar-refractivity contribution >= 4 is 5.97 Å². The first-order valence-corrected chi connectivity index (χ1v) is 5.49. The van der Waals surface area contributed by atoms with Crippen LogP contribution in [0.25, 0.3) is 0 Å². The largest absolute Gasteiger partial charge is 0.460 e. The highest BCUT2D eigenvalue weighted by Gasteiger charge is 2.15. The third-order valence-corrected chi connectivity index (χ3v) is 1.69. The maximum absolute atomic E-state index is 11.3. The van der Waals surface area contributed by atoms with Gasteiger partial charge in [0.1, 0.15) is 5.60 Å². The van der Waals surface area contributed by atoms with Crippen molar-refractivity contribution in [2.24, 2.45) is 0 Å². The smallest absolute Gasteiger partial charge is 0.306 e. The highest BCUT2D eigenvalue weighted by Crippen LogP contribution is 2.09. The summed E-state index contributed by atoms with van der Waals surface area (Å²) in [4.78, 5) is 11.3. The molecule has 0 aliphatic heterocycles. The lowest BCUT2D eigenvalue weighted by molar-refractivity contribution is -0.154. The summed E-state index contributed by atoms with van der Waals surface area (Å²) in [5.74, 6) is -0.135. The number of nitrogens with one attached hydrogen (secondary N) is 1. The van der Waals surface area contributed by atoms with Gasteiger partial charge in [0.05, 0.1) is 6.61 Å². The summed E-state index contributed by atoms with van der Waals surface area (Å²) in [7, 11) is 0. The van der Waals surface area contributed by atoms with E-state index in [1.807, 2.05) is 20.8 Å². The van der Waals surface area contributed by atoms with Gasteiger partial charge in [-0.15, -0.1) is 0 Å². The number of hydrogen-bond donors (Lipinski definition) is 2. The first-order valence-electron chi connectivity index (χ1n) is 5.49. The Balaban J connectivity index is 3.32. The molecule has 0 saturated carbocycles. The van der Waals surface area contributed by atoms with Crippen molar-refractivity contribution in [3.8, 4) is 0 Å². The van der Waals surface area contributed by atoms with Crippen molar-refractivity contribution in [3.63, 3.8) is 0 Å². The molecule has 90 valence electrons. The molecule has 0 saturated heterocycles. The van der Waals surface area contributed by atoms with Crippen molar-refractivity contribution < 1.29 is 14.6 Å². The number of aliphatic hydroxyl groups excluding tert-OH is 1. The third-order valence-electron chi connectivity index (χ3n) is 1.69. The number of rotatable bonds is 7. The number of aliphatic hydroxyl groups is 1. The average Bonchev–Trinajstić information content (AvgIpc) is 2.08. The fourth-order valence-corrected chi connectivity index (χ4v) is 1.12. The molecule has 0 aromatic rings. The van der Waals surface area contributed by atoms with Gasteiger partial charge in [-0.05, 0) is 40.2 Å². The van der Waals surface area contributed by atoms with Gasteiger partial charge < -0.3 is 15.2 Å². The molecule has 0 aliphatic rings. The van der Waals surface area contributed by atoms with E-state index in [4.69, 9.17) is 9.84 Å². The summed E-state index contributed by atoms with van der Waals surface area (Å²) in [6, 6.07) is 0. The Morgan fingerprint density at radius 2 is 1.93 bits per heavy atom. The van der Waals surface area contributed by atoms with Crippen LogP contribution in [0.4, 0.5) is 0 Å². The molecule has 2 N–H and O–H groups in total. The van der Waals surface area contributed by atoms with Crippen LogP contribution in [0.2, 0.25) is 0 Å². The summed E-state index contributed by atoms with van der Waals surface area (Å²) in [6.07, 6.45) is 2.23. The molecule has 0 aromatic carbocycles. The van der Waals surface area contributed by atoms with E-state index >= 15 is 0 Å². The minimum atomic E-state index is -0.383. The van der Waals surface area contributed by atoms with Crippen molar-refractivity contribution in [1.82, 2.24) is 5.32 Å². The predicted octanol–water partition coefficient (Wildman–Crippen LogP) is 1.08. The zero-order valence-corrected chi connectivity index (χ0v) is 10.0. The van der Waals surface area contributed by atoms with Crippen molar-refractivity contribution in [1.29, 1.82) is 0 Å². The molecule has 0 rings (SSSR count). The van der Waals surface area contributed by atoms with E-state index in [0.29, 0.717) is 13.0 Å². The molecule has 0 aromatic heterocycles. The maximum atomic E-state index is 11.3. The van der Waals surface area contributed by atoms with Crippen LogP contribution < -0.4 is 5.32 Å². The molecule has 0 radical (unpaired) electrons. The quantitative estimate of drug-likeness (QED) is 0.495. The standard InChI is InChI=1S/C11H23NO3/c1-11(2,3)15-10(14)6-4-5-7-12-8-9-13/h12-13H,4-9H2,1-3H3. The monoisotopic (exact) mass is 217 g/mol. The number of carbonyl (C=O) groups excluding carboxylic acids is 1. The van der Waals surface area contributed by atoms with Crippen LogP contribution in [0, 0.1) is 0 Å². The van der Waals surface area contributed by atoms with Crippen molar-refractivity contribution in [2.75, 3.05) is 19.7 Å². The minimum Gasteiger partial charge on any atom is -0.460 e. The second kappa shape index (κ2) is 7.65. The van der Waals surface area contributed by atoms with E-state index in [1.165, 1.54) is 0 Å². The Bertz CT molecular complexity index is 175. The molecule has 0 atom stereocenters. The molecular weight excluding hydrogens is 194 g/mol. The van der Waals surface area contributed by atoms with E-state index in [2.05, 4.69) is 5.32 Å². The average molecular weight is 217 g/mol. The highest BCUT2D eigenvalue weighted by atomic mass is 16.6. The summed E-state index contributed by atoms with van der Waals surface area (Å²) in [5.41, 5.74) is -0.383. The number of hydrogen-bond acceptors (Lipinski definition) is 4. The van der Waals surface area contributed by atoms with Gasteiger partial charge in [0, 0.05) is 13.0 Å². The molecule has 0 amide bonds. The Labute approximate surface area is 92.0 Å². The van der Waals surface area contributed by atoms with E-state index in [0.717, 1.165) is 19.4 Å². The molecule has 0 unspecified atom stereocenters.